The van der Waals surface area contributed by atoms with Crippen LogP contribution in [0.15, 0.2) is 94.4 Å². The highest BCUT2D eigenvalue weighted by atomic mass is 32.1. The maximum Gasteiger partial charge on any atom is 0.271 e. The summed E-state index contributed by atoms with van der Waals surface area (Å²) in [5, 5.41) is 1.10. The lowest BCUT2D eigenvalue weighted by Gasteiger charge is -2.31. The molecule has 0 bridgehead atoms. The maximum absolute atomic E-state index is 14.0. The van der Waals surface area contributed by atoms with Gasteiger partial charge < -0.3 is 9.72 Å². The summed E-state index contributed by atoms with van der Waals surface area (Å²) in [6.07, 6.45) is 5.75. The molecule has 1 N–H and O–H groups in total. The number of ether oxygens (including phenoxy) is 1. The Kier molecular flexibility index (Phi) is 4.82. The van der Waals surface area contributed by atoms with Crippen LogP contribution in [-0.4, -0.2) is 16.7 Å². The highest BCUT2D eigenvalue weighted by Crippen LogP contribution is 2.41. The van der Waals surface area contributed by atoms with E-state index in [1.807, 2.05) is 53.2 Å². The molecule has 0 amide bonds. The number of H-pyrrole nitrogens is 1. The minimum Gasteiger partial charge on any atom is -0.497 e. The molecule has 1 aliphatic carbocycles. The van der Waals surface area contributed by atoms with Crippen molar-refractivity contribution >= 4 is 34.0 Å². The van der Waals surface area contributed by atoms with Crippen LogP contribution >= 0.6 is 11.3 Å². The average Bonchev–Trinajstić information content (AvgIpc) is 3.48. The third-order valence-corrected chi connectivity index (χ3v) is 8.17. The Labute approximate surface area is 211 Å². The molecule has 5 aromatic rings. The third-order valence-electron chi connectivity index (χ3n) is 7.19. The number of hydrogen-bond donors (Lipinski definition) is 1. The Bertz CT molecular complexity index is 1870. The lowest BCUT2D eigenvalue weighted by atomic mass is 9.83. The van der Waals surface area contributed by atoms with Gasteiger partial charge in [-0.15, -0.1) is 0 Å². The summed E-state index contributed by atoms with van der Waals surface area (Å²) in [5.41, 5.74) is 7.75. The number of thiazole rings is 1. The first-order chi connectivity index (χ1) is 17.7. The molecule has 36 heavy (non-hydrogen) atoms. The lowest BCUT2D eigenvalue weighted by Crippen LogP contribution is -2.38. The van der Waals surface area contributed by atoms with Gasteiger partial charge in [0.2, 0.25) is 0 Å². The van der Waals surface area contributed by atoms with E-state index in [0.29, 0.717) is 4.53 Å². The molecule has 3 heterocycles. The second-order valence-corrected chi connectivity index (χ2v) is 10.2. The monoisotopic (exact) mass is 489 g/mol. The van der Waals surface area contributed by atoms with Crippen molar-refractivity contribution in [2.24, 2.45) is 4.99 Å². The lowest BCUT2D eigenvalue weighted by molar-refractivity contribution is 0.413. The average molecular weight is 490 g/mol. The van der Waals surface area contributed by atoms with E-state index in [1.54, 1.807) is 7.11 Å². The van der Waals surface area contributed by atoms with Crippen LogP contribution in [0, 0.1) is 0 Å². The predicted molar refractivity (Wildman–Crippen MR) is 144 cm³/mol. The van der Waals surface area contributed by atoms with Gasteiger partial charge in [0, 0.05) is 28.2 Å². The Balaban J connectivity index is 1.50. The van der Waals surface area contributed by atoms with Gasteiger partial charge in [-0.3, -0.25) is 9.36 Å². The topological polar surface area (TPSA) is 59.4 Å². The molecule has 0 unspecified atom stereocenters. The number of fused-ring (bicyclic) bond motifs is 4. The summed E-state index contributed by atoms with van der Waals surface area (Å²) in [4.78, 5) is 23.1. The highest BCUT2D eigenvalue weighted by molar-refractivity contribution is 7.07. The number of nitrogens with one attached hydrogen (secondary N) is 1. The zero-order chi connectivity index (χ0) is 24.2. The van der Waals surface area contributed by atoms with Crippen molar-refractivity contribution in [3.8, 4) is 5.75 Å². The van der Waals surface area contributed by atoms with E-state index in [1.165, 1.54) is 28.0 Å². The van der Waals surface area contributed by atoms with E-state index in [0.717, 1.165) is 51.1 Å². The zero-order valence-corrected chi connectivity index (χ0v) is 20.5. The van der Waals surface area contributed by atoms with Gasteiger partial charge in [0.25, 0.3) is 5.56 Å². The van der Waals surface area contributed by atoms with Gasteiger partial charge in [0.1, 0.15) is 5.75 Å². The van der Waals surface area contributed by atoms with E-state index in [9.17, 15) is 4.79 Å². The van der Waals surface area contributed by atoms with E-state index in [-0.39, 0.29) is 11.6 Å². The minimum absolute atomic E-state index is 0.0118. The van der Waals surface area contributed by atoms with Crippen molar-refractivity contribution in [1.82, 2.24) is 9.55 Å². The first-order valence-electron chi connectivity index (χ1n) is 12.0. The van der Waals surface area contributed by atoms with Crippen molar-refractivity contribution < 1.29 is 4.74 Å². The van der Waals surface area contributed by atoms with Crippen LogP contribution in [0.25, 0.3) is 22.7 Å². The largest absolute Gasteiger partial charge is 0.497 e. The molecule has 2 aromatic heterocycles. The fourth-order valence-corrected chi connectivity index (χ4v) is 6.48. The van der Waals surface area contributed by atoms with E-state index in [2.05, 4.69) is 41.4 Å². The highest BCUT2D eigenvalue weighted by Gasteiger charge is 2.32. The Morgan fingerprint density at radius 3 is 2.83 bits per heavy atom. The van der Waals surface area contributed by atoms with Gasteiger partial charge in [-0.1, -0.05) is 65.9 Å². The molecule has 5 nitrogen and oxygen atoms in total. The molecule has 0 radical (unpaired) electrons. The normalized spacial score (nSPS) is 16.9. The standard InChI is InChI=1S/C30H23N3O2S/c1-35-21-9-6-8-19(15-21)28-24-14-13-18-7-2-3-11-23(18)27(24)32-30-33(28)29(34)26(36-30)16-20-17-31-25-12-5-4-10-22(20)25/h2-12,15-17,28,31H,13-14H2,1H3/b26-16+/t28-/m0/s1. The third kappa shape index (κ3) is 3.22. The molecule has 0 saturated heterocycles. The number of para-hydroxylation sites is 1. The Hall–Kier alpha value is -4.16. The molecule has 7 rings (SSSR count). The maximum atomic E-state index is 14.0. The van der Waals surface area contributed by atoms with Gasteiger partial charge >= 0.3 is 0 Å². The number of hydrogen-bond acceptors (Lipinski definition) is 4. The van der Waals surface area contributed by atoms with E-state index in [4.69, 9.17) is 9.73 Å². The van der Waals surface area contributed by atoms with Crippen molar-refractivity contribution in [2.75, 3.05) is 7.11 Å². The number of methoxy groups -OCH3 is 1. The summed E-state index contributed by atoms with van der Waals surface area (Å²) in [6.45, 7) is 0. The number of nitrogens with zero attached hydrogens (tertiary/aromatic N) is 2. The second-order valence-electron chi connectivity index (χ2n) is 9.18. The van der Waals surface area contributed by atoms with Crippen LogP contribution in [0.4, 0.5) is 0 Å². The molecule has 6 heteroatoms. The molecule has 0 spiro atoms. The number of aromatic nitrogens is 2. The molecule has 176 valence electrons. The molecule has 3 aromatic carbocycles. The summed E-state index contributed by atoms with van der Waals surface area (Å²) in [5.74, 6) is 0.781. The zero-order valence-electron chi connectivity index (χ0n) is 19.7. The van der Waals surface area contributed by atoms with Crippen molar-refractivity contribution in [3.63, 3.8) is 0 Å². The summed E-state index contributed by atoms with van der Waals surface area (Å²) in [6, 6.07) is 24.5. The number of allylic oxidation sites excluding steroid dienone is 1. The first kappa shape index (κ1) is 21.1. The molecular weight excluding hydrogens is 466 g/mol. The number of aromatic amines is 1. The number of rotatable bonds is 3. The van der Waals surface area contributed by atoms with Crippen LogP contribution in [0.2, 0.25) is 0 Å². The molecule has 1 aliphatic heterocycles. The molecule has 1 atom stereocenters. The summed E-state index contributed by atoms with van der Waals surface area (Å²) < 4.78 is 8.10. The smallest absolute Gasteiger partial charge is 0.271 e. The van der Waals surface area contributed by atoms with Gasteiger partial charge in [-0.2, -0.15) is 0 Å². The second kappa shape index (κ2) is 8.21. The van der Waals surface area contributed by atoms with Crippen molar-refractivity contribution in [1.29, 1.82) is 0 Å². The Morgan fingerprint density at radius 1 is 1.06 bits per heavy atom. The van der Waals surface area contributed by atoms with Gasteiger partial charge in [0.15, 0.2) is 4.80 Å². The fraction of sp³-hybridized carbons (Fsp3) is 0.133. The van der Waals surface area contributed by atoms with Crippen LogP contribution in [0.5, 0.6) is 5.75 Å². The summed E-state index contributed by atoms with van der Waals surface area (Å²) >= 11 is 1.46. The molecule has 0 saturated carbocycles. The van der Waals surface area contributed by atoms with Crippen LogP contribution in [0.1, 0.15) is 34.7 Å². The minimum atomic E-state index is -0.218. The molecule has 2 aliphatic rings. The van der Waals surface area contributed by atoms with Crippen LogP contribution in [-0.2, 0) is 6.42 Å². The predicted octanol–water partition coefficient (Wildman–Crippen LogP) is 4.81. The SMILES string of the molecule is COc1cccc([C@H]2C3=C(N=c4s/c(=C/c5c[nH]c6ccccc56)c(=O)n42)c2ccccc2CC3)c1. The van der Waals surface area contributed by atoms with E-state index >= 15 is 0 Å². The number of benzene rings is 3. The van der Waals surface area contributed by atoms with Crippen LogP contribution < -0.4 is 19.6 Å². The molecule has 0 fully saturated rings. The van der Waals surface area contributed by atoms with Gasteiger partial charge in [-0.25, -0.2) is 4.99 Å². The number of aryl methyl sites for hydroxylation is 1. The molecular formula is C30H23N3O2S. The first-order valence-corrected chi connectivity index (χ1v) is 12.9. The fourth-order valence-electron chi connectivity index (χ4n) is 5.49. The van der Waals surface area contributed by atoms with Crippen molar-refractivity contribution in [2.45, 2.75) is 18.9 Å². The van der Waals surface area contributed by atoms with E-state index < -0.39 is 0 Å². The van der Waals surface area contributed by atoms with Crippen LogP contribution in [0.3, 0.4) is 0 Å². The Morgan fingerprint density at radius 2 is 1.92 bits per heavy atom. The van der Waals surface area contributed by atoms with Gasteiger partial charge in [0.05, 0.1) is 23.4 Å². The van der Waals surface area contributed by atoms with Crippen molar-refractivity contribution in [3.05, 3.63) is 127 Å². The quantitative estimate of drug-likeness (QED) is 0.396. The van der Waals surface area contributed by atoms with Gasteiger partial charge in [-0.05, 0) is 53.8 Å². The summed E-state index contributed by atoms with van der Waals surface area (Å²) in [7, 11) is 1.67.